The SMILES string of the molecule is C#Cc1cc(Br)cc(F)c1N. The third kappa shape index (κ3) is 1.52. The summed E-state index contributed by atoms with van der Waals surface area (Å²) in [5, 5.41) is 0. The van der Waals surface area contributed by atoms with Crippen molar-refractivity contribution in [1.29, 1.82) is 0 Å². The number of hydrogen-bond acceptors (Lipinski definition) is 1. The highest BCUT2D eigenvalue weighted by molar-refractivity contribution is 9.10. The fraction of sp³-hybridized carbons (Fsp3) is 0. The van der Waals surface area contributed by atoms with Gasteiger partial charge in [0.15, 0.2) is 0 Å². The van der Waals surface area contributed by atoms with Gasteiger partial charge in [-0.25, -0.2) is 4.39 Å². The van der Waals surface area contributed by atoms with Crippen LogP contribution in [0.3, 0.4) is 0 Å². The van der Waals surface area contributed by atoms with Gasteiger partial charge in [0.25, 0.3) is 0 Å². The van der Waals surface area contributed by atoms with Gasteiger partial charge in [0.05, 0.1) is 11.3 Å². The molecule has 0 aliphatic rings. The molecule has 0 fully saturated rings. The summed E-state index contributed by atoms with van der Waals surface area (Å²) in [7, 11) is 0. The van der Waals surface area contributed by atoms with Gasteiger partial charge in [0, 0.05) is 4.47 Å². The van der Waals surface area contributed by atoms with E-state index in [9.17, 15) is 4.39 Å². The van der Waals surface area contributed by atoms with Gasteiger partial charge in [0.2, 0.25) is 0 Å². The Kier molecular flexibility index (Phi) is 2.16. The summed E-state index contributed by atoms with van der Waals surface area (Å²) in [6, 6.07) is 2.87. The third-order valence-corrected chi connectivity index (χ3v) is 1.71. The van der Waals surface area contributed by atoms with Crippen LogP contribution in [0.15, 0.2) is 16.6 Å². The number of nitrogens with two attached hydrogens (primary N) is 1. The molecule has 11 heavy (non-hydrogen) atoms. The van der Waals surface area contributed by atoms with E-state index in [1.807, 2.05) is 0 Å². The average molecular weight is 214 g/mol. The molecule has 0 aliphatic heterocycles. The zero-order valence-corrected chi connectivity index (χ0v) is 7.15. The van der Waals surface area contributed by atoms with Gasteiger partial charge < -0.3 is 5.73 Å². The van der Waals surface area contributed by atoms with E-state index in [1.165, 1.54) is 6.07 Å². The maximum absolute atomic E-state index is 12.8. The molecule has 1 rings (SSSR count). The van der Waals surface area contributed by atoms with Crippen LogP contribution in [-0.2, 0) is 0 Å². The number of halogens is 2. The molecule has 0 saturated heterocycles. The summed E-state index contributed by atoms with van der Waals surface area (Å²) >= 11 is 3.10. The second-order valence-corrected chi connectivity index (χ2v) is 2.91. The Hall–Kier alpha value is -1.01. The zero-order chi connectivity index (χ0) is 8.43. The van der Waals surface area contributed by atoms with E-state index in [0.717, 1.165) is 0 Å². The average Bonchev–Trinajstić information content (AvgIpc) is 1.96. The Morgan fingerprint density at radius 3 is 2.73 bits per heavy atom. The van der Waals surface area contributed by atoms with Crippen LogP contribution in [0.2, 0.25) is 0 Å². The van der Waals surface area contributed by atoms with Gasteiger partial charge in [-0.15, -0.1) is 6.42 Å². The molecule has 0 saturated carbocycles. The molecule has 1 aromatic carbocycles. The van der Waals surface area contributed by atoms with Crippen LogP contribution >= 0.6 is 15.9 Å². The lowest BCUT2D eigenvalue weighted by molar-refractivity contribution is 0.631. The molecular formula is C8H5BrFN. The number of anilines is 1. The van der Waals surface area contributed by atoms with E-state index < -0.39 is 5.82 Å². The Morgan fingerprint density at radius 1 is 1.55 bits per heavy atom. The van der Waals surface area contributed by atoms with Crippen LogP contribution in [0.1, 0.15) is 5.56 Å². The Morgan fingerprint density at radius 2 is 2.18 bits per heavy atom. The minimum absolute atomic E-state index is 0.0238. The fourth-order valence-corrected chi connectivity index (χ4v) is 1.13. The molecule has 0 unspecified atom stereocenters. The second kappa shape index (κ2) is 2.93. The second-order valence-electron chi connectivity index (χ2n) is 1.99. The fourth-order valence-electron chi connectivity index (χ4n) is 0.704. The zero-order valence-electron chi connectivity index (χ0n) is 5.57. The number of nitrogen functional groups attached to an aromatic ring is 1. The summed E-state index contributed by atoms with van der Waals surface area (Å²) < 4.78 is 13.4. The molecule has 1 aromatic rings. The summed E-state index contributed by atoms with van der Waals surface area (Å²) in [5.41, 5.74) is 5.72. The smallest absolute Gasteiger partial charge is 0.148 e. The monoisotopic (exact) mass is 213 g/mol. The first kappa shape index (κ1) is 8.09. The van der Waals surface area contributed by atoms with Crippen molar-refractivity contribution in [2.24, 2.45) is 0 Å². The van der Waals surface area contributed by atoms with Crippen LogP contribution in [0.5, 0.6) is 0 Å². The molecule has 0 bridgehead atoms. The standard InChI is InChI=1S/C8H5BrFN/c1-2-5-3-6(9)4-7(10)8(5)11/h1,3-4H,11H2. The maximum Gasteiger partial charge on any atom is 0.148 e. The number of hydrogen-bond donors (Lipinski definition) is 1. The van der Waals surface area contributed by atoms with Crippen molar-refractivity contribution < 1.29 is 4.39 Å². The molecule has 0 amide bonds. The molecule has 0 radical (unpaired) electrons. The minimum atomic E-state index is -0.493. The normalized spacial score (nSPS) is 9.18. The Balaban J connectivity index is 3.39. The lowest BCUT2D eigenvalue weighted by atomic mass is 10.2. The third-order valence-electron chi connectivity index (χ3n) is 1.25. The first-order valence-electron chi connectivity index (χ1n) is 2.86. The van der Waals surface area contributed by atoms with E-state index in [0.29, 0.717) is 10.0 Å². The van der Waals surface area contributed by atoms with Crippen molar-refractivity contribution >= 4 is 21.6 Å². The molecule has 0 aromatic heterocycles. The van der Waals surface area contributed by atoms with Gasteiger partial charge in [-0.1, -0.05) is 21.9 Å². The molecule has 0 atom stereocenters. The van der Waals surface area contributed by atoms with Gasteiger partial charge >= 0.3 is 0 Å². The first-order chi connectivity index (χ1) is 5.15. The van der Waals surface area contributed by atoms with Crippen molar-refractivity contribution in [3.63, 3.8) is 0 Å². The minimum Gasteiger partial charge on any atom is -0.395 e. The predicted molar refractivity (Wildman–Crippen MR) is 46.4 cm³/mol. The molecule has 0 spiro atoms. The topological polar surface area (TPSA) is 26.0 Å². The van der Waals surface area contributed by atoms with Crippen molar-refractivity contribution in [3.8, 4) is 12.3 Å². The molecule has 0 aliphatic carbocycles. The summed E-state index contributed by atoms with van der Waals surface area (Å²) in [4.78, 5) is 0. The van der Waals surface area contributed by atoms with Gasteiger partial charge in [-0.05, 0) is 12.1 Å². The summed E-state index contributed by atoms with van der Waals surface area (Å²) in [5.74, 6) is 1.79. The predicted octanol–water partition coefficient (Wildman–Crippen LogP) is 2.15. The van der Waals surface area contributed by atoms with Crippen LogP contribution in [0, 0.1) is 18.2 Å². The Labute approximate surface area is 72.5 Å². The van der Waals surface area contributed by atoms with Crippen LogP contribution in [0.25, 0.3) is 0 Å². The van der Waals surface area contributed by atoms with Crippen molar-refractivity contribution in [3.05, 3.63) is 28.0 Å². The Bertz CT molecular complexity index is 328. The lowest BCUT2D eigenvalue weighted by Crippen LogP contribution is -1.94. The van der Waals surface area contributed by atoms with Crippen molar-refractivity contribution in [2.45, 2.75) is 0 Å². The van der Waals surface area contributed by atoms with E-state index in [2.05, 4.69) is 21.9 Å². The van der Waals surface area contributed by atoms with Crippen LogP contribution < -0.4 is 5.73 Å². The van der Waals surface area contributed by atoms with E-state index in [-0.39, 0.29) is 5.69 Å². The highest BCUT2D eigenvalue weighted by atomic mass is 79.9. The summed E-state index contributed by atoms with van der Waals surface area (Å²) in [6.07, 6.45) is 5.07. The van der Waals surface area contributed by atoms with Crippen molar-refractivity contribution in [2.75, 3.05) is 5.73 Å². The molecule has 3 heteroatoms. The highest BCUT2D eigenvalue weighted by Gasteiger charge is 2.03. The van der Waals surface area contributed by atoms with E-state index in [4.69, 9.17) is 12.2 Å². The lowest BCUT2D eigenvalue weighted by Gasteiger charge is -1.99. The number of rotatable bonds is 0. The molecule has 1 nitrogen and oxygen atoms in total. The highest BCUT2D eigenvalue weighted by Crippen LogP contribution is 2.21. The molecular weight excluding hydrogens is 209 g/mol. The maximum atomic E-state index is 12.8. The van der Waals surface area contributed by atoms with Crippen LogP contribution in [0.4, 0.5) is 10.1 Å². The van der Waals surface area contributed by atoms with Gasteiger partial charge in [0.1, 0.15) is 5.82 Å². The number of terminal acetylenes is 1. The van der Waals surface area contributed by atoms with Gasteiger partial charge in [-0.3, -0.25) is 0 Å². The molecule has 0 heterocycles. The molecule has 56 valence electrons. The number of benzene rings is 1. The van der Waals surface area contributed by atoms with E-state index in [1.54, 1.807) is 6.07 Å². The quantitative estimate of drug-likeness (QED) is 0.519. The largest absolute Gasteiger partial charge is 0.395 e. The molecule has 2 N–H and O–H groups in total. The van der Waals surface area contributed by atoms with Gasteiger partial charge in [-0.2, -0.15) is 0 Å². The van der Waals surface area contributed by atoms with E-state index >= 15 is 0 Å². The van der Waals surface area contributed by atoms with Crippen LogP contribution in [-0.4, -0.2) is 0 Å². The summed E-state index contributed by atoms with van der Waals surface area (Å²) in [6.45, 7) is 0. The van der Waals surface area contributed by atoms with Crippen molar-refractivity contribution in [1.82, 2.24) is 0 Å². The first-order valence-corrected chi connectivity index (χ1v) is 3.65.